The van der Waals surface area contributed by atoms with E-state index in [1.807, 2.05) is 13.8 Å². The van der Waals surface area contributed by atoms with Crippen LogP contribution in [0.4, 0.5) is 8.78 Å². The molecule has 0 spiro atoms. The zero-order valence-corrected chi connectivity index (χ0v) is 10.7. The number of ether oxygens (including phenoxy) is 1. The van der Waals surface area contributed by atoms with Gasteiger partial charge >= 0.3 is 0 Å². The Kier molecular flexibility index (Phi) is 5.22. The summed E-state index contributed by atoms with van der Waals surface area (Å²) in [6, 6.07) is 3.47. The zero-order valence-electron chi connectivity index (χ0n) is 10.7. The number of nitrogens with zero attached hydrogens (tertiary/aromatic N) is 1. The van der Waals surface area contributed by atoms with Crippen LogP contribution >= 0.6 is 0 Å². The first-order chi connectivity index (χ1) is 8.49. The molecule has 18 heavy (non-hydrogen) atoms. The van der Waals surface area contributed by atoms with Gasteiger partial charge in [-0.2, -0.15) is 0 Å². The number of hydrogen-bond acceptors (Lipinski definition) is 2. The number of rotatable bonds is 5. The second-order valence-electron chi connectivity index (χ2n) is 4.19. The van der Waals surface area contributed by atoms with E-state index in [1.165, 1.54) is 24.1 Å². The molecule has 0 bridgehead atoms. The highest BCUT2D eigenvalue weighted by Crippen LogP contribution is 2.15. The molecule has 1 aromatic rings. The van der Waals surface area contributed by atoms with Gasteiger partial charge in [0.25, 0.3) is 5.91 Å². The molecule has 1 amide bonds. The van der Waals surface area contributed by atoms with Gasteiger partial charge in [0.1, 0.15) is 0 Å². The third-order valence-corrected chi connectivity index (χ3v) is 2.60. The Hall–Kier alpha value is -1.49. The summed E-state index contributed by atoms with van der Waals surface area (Å²) in [5.74, 6) is -2.65. The van der Waals surface area contributed by atoms with Crippen LogP contribution in [-0.2, 0) is 4.74 Å². The number of carbonyl (C=O) groups excluding carboxylic acids is 1. The minimum atomic E-state index is -1.11. The van der Waals surface area contributed by atoms with E-state index in [4.69, 9.17) is 4.74 Å². The fourth-order valence-corrected chi connectivity index (χ4v) is 1.61. The highest BCUT2D eigenvalue weighted by Gasteiger charge is 2.22. The van der Waals surface area contributed by atoms with E-state index >= 15 is 0 Å². The topological polar surface area (TPSA) is 29.5 Å². The lowest BCUT2D eigenvalue weighted by Crippen LogP contribution is -2.39. The Bertz CT molecular complexity index is 421. The predicted molar refractivity (Wildman–Crippen MR) is 64.4 cm³/mol. The molecule has 0 radical (unpaired) electrons. The van der Waals surface area contributed by atoms with Crippen molar-refractivity contribution in [3.8, 4) is 0 Å². The summed E-state index contributed by atoms with van der Waals surface area (Å²) in [7, 11) is 1.52. The Morgan fingerprint density at radius 1 is 1.39 bits per heavy atom. The molecular formula is C13H17F2NO2. The van der Waals surface area contributed by atoms with Gasteiger partial charge in [0.05, 0.1) is 12.2 Å². The van der Waals surface area contributed by atoms with Crippen molar-refractivity contribution in [1.82, 2.24) is 4.90 Å². The van der Waals surface area contributed by atoms with E-state index in [0.29, 0.717) is 13.2 Å². The van der Waals surface area contributed by atoms with Crippen molar-refractivity contribution < 1.29 is 18.3 Å². The predicted octanol–water partition coefficient (Wildman–Crippen LogP) is 2.46. The lowest BCUT2D eigenvalue weighted by Gasteiger charge is -2.26. The molecule has 0 atom stereocenters. The maximum atomic E-state index is 13.5. The van der Waals surface area contributed by atoms with Crippen LogP contribution in [0.25, 0.3) is 0 Å². The first kappa shape index (κ1) is 14.6. The first-order valence-electron chi connectivity index (χ1n) is 5.73. The van der Waals surface area contributed by atoms with Crippen LogP contribution in [0.3, 0.4) is 0 Å². The number of carbonyl (C=O) groups is 1. The smallest absolute Gasteiger partial charge is 0.257 e. The Morgan fingerprint density at radius 3 is 2.61 bits per heavy atom. The van der Waals surface area contributed by atoms with Crippen LogP contribution in [-0.4, -0.2) is 37.1 Å². The molecule has 0 fully saturated rings. The summed E-state index contributed by atoms with van der Waals surface area (Å²) < 4.78 is 31.5. The quantitative estimate of drug-likeness (QED) is 0.811. The standard InChI is InChI=1S/C13H17F2NO2/c1-9(2)16(7-8-18-3)13(17)10-5-4-6-11(14)12(10)15/h4-6,9H,7-8H2,1-3H3. The first-order valence-corrected chi connectivity index (χ1v) is 5.73. The second-order valence-corrected chi connectivity index (χ2v) is 4.19. The molecular weight excluding hydrogens is 240 g/mol. The third kappa shape index (κ3) is 3.26. The van der Waals surface area contributed by atoms with E-state index in [2.05, 4.69) is 0 Å². The Morgan fingerprint density at radius 2 is 2.06 bits per heavy atom. The Balaban J connectivity index is 2.98. The molecule has 0 aromatic heterocycles. The van der Waals surface area contributed by atoms with Gasteiger partial charge in [-0.25, -0.2) is 8.78 Å². The third-order valence-electron chi connectivity index (χ3n) is 2.60. The number of benzene rings is 1. The maximum Gasteiger partial charge on any atom is 0.257 e. The lowest BCUT2D eigenvalue weighted by molar-refractivity contribution is 0.0629. The average molecular weight is 257 g/mol. The minimum Gasteiger partial charge on any atom is -0.383 e. The lowest BCUT2D eigenvalue weighted by atomic mass is 10.1. The van der Waals surface area contributed by atoms with Crippen LogP contribution in [0.5, 0.6) is 0 Å². The largest absolute Gasteiger partial charge is 0.383 e. The summed E-state index contributed by atoms with van der Waals surface area (Å²) in [6.07, 6.45) is 0. The molecule has 5 heteroatoms. The fraction of sp³-hybridized carbons (Fsp3) is 0.462. The molecule has 0 saturated carbocycles. The van der Waals surface area contributed by atoms with Crippen LogP contribution < -0.4 is 0 Å². The van der Waals surface area contributed by atoms with Gasteiger partial charge in [-0.1, -0.05) is 6.07 Å². The molecule has 1 aromatic carbocycles. The van der Waals surface area contributed by atoms with E-state index < -0.39 is 17.5 Å². The van der Waals surface area contributed by atoms with Crippen molar-refractivity contribution in [3.05, 3.63) is 35.4 Å². The molecule has 3 nitrogen and oxygen atoms in total. The molecule has 0 unspecified atom stereocenters. The summed E-state index contributed by atoms with van der Waals surface area (Å²) in [4.78, 5) is 13.6. The van der Waals surface area contributed by atoms with Gasteiger partial charge in [-0.05, 0) is 26.0 Å². The van der Waals surface area contributed by atoms with E-state index in [-0.39, 0.29) is 11.6 Å². The zero-order chi connectivity index (χ0) is 13.7. The van der Waals surface area contributed by atoms with Gasteiger partial charge in [-0.3, -0.25) is 4.79 Å². The van der Waals surface area contributed by atoms with E-state index in [1.54, 1.807) is 0 Å². The summed E-state index contributed by atoms with van der Waals surface area (Å²) in [5, 5.41) is 0. The van der Waals surface area contributed by atoms with Gasteiger partial charge in [0, 0.05) is 19.7 Å². The van der Waals surface area contributed by atoms with Crippen molar-refractivity contribution in [2.24, 2.45) is 0 Å². The van der Waals surface area contributed by atoms with Gasteiger partial charge in [-0.15, -0.1) is 0 Å². The van der Waals surface area contributed by atoms with Crippen LogP contribution in [0.1, 0.15) is 24.2 Å². The normalized spacial score (nSPS) is 10.8. The Labute approximate surface area is 105 Å². The molecule has 100 valence electrons. The van der Waals surface area contributed by atoms with Gasteiger partial charge in [0.2, 0.25) is 0 Å². The number of halogens is 2. The molecule has 0 aliphatic rings. The average Bonchev–Trinajstić information content (AvgIpc) is 2.32. The summed E-state index contributed by atoms with van der Waals surface area (Å²) in [5.41, 5.74) is -0.250. The van der Waals surface area contributed by atoms with Crippen molar-refractivity contribution in [3.63, 3.8) is 0 Å². The van der Waals surface area contributed by atoms with E-state index in [0.717, 1.165) is 6.07 Å². The number of methoxy groups -OCH3 is 1. The highest BCUT2D eigenvalue weighted by atomic mass is 19.2. The van der Waals surface area contributed by atoms with Crippen LogP contribution in [0.2, 0.25) is 0 Å². The fourth-order valence-electron chi connectivity index (χ4n) is 1.61. The maximum absolute atomic E-state index is 13.5. The van der Waals surface area contributed by atoms with Crippen molar-refractivity contribution >= 4 is 5.91 Å². The second kappa shape index (κ2) is 6.44. The minimum absolute atomic E-state index is 0.115. The SMILES string of the molecule is COCCN(C(=O)c1cccc(F)c1F)C(C)C. The molecule has 0 aliphatic heterocycles. The molecule has 0 N–H and O–H groups in total. The molecule has 1 rings (SSSR count). The van der Waals surface area contributed by atoms with Crippen molar-refractivity contribution in [2.75, 3.05) is 20.3 Å². The number of hydrogen-bond donors (Lipinski definition) is 0. The van der Waals surface area contributed by atoms with Crippen molar-refractivity contribution in [1.29, 1.82) is 0 Å². The van der Waals surface area contributed by atoms with E-state index in [9.17, 15) is 13.6 Å². The van der Waals surface area contributed by atoms with Gasteiger partial charge < -0.3 is 9.64 Å². The number of amides is 1. The monoisotopic (exact) mass is 257 g/mol. The van der Waals surface area contributed by atoms with Crippen molar-refractivity contribution in [2.45, 2.75) is 19.9 Å². The van der Waals surface area contributed by atoms with Crippen LogP contribution in [0.15, 0.2) is 18.2 Å². The highest BCUT2D eigenvalue weighted by molar-refractivity contribution is 5.94. The summed E-state index contributed by atoms with van der Waals surface area (Å²) in [6.45, 7) is 4.30. The van der Waals surface area contributed by atoms with Crippen LogP contribution in [0, 0.1) is 11.6 Å². The molecule has 0 aliphatic carbocycles. The summed E-state index contributed by atoms with van der Waals surface area (Å²) >= 11 is 0. The van der Waals surface area contributed by atoms with Gasteiger partial charge in [0.15, 0.2) is 11.6 Å². The molecule has 0 heterocycles. The molecule has 0 saturated heterocycles.